The van der Waals surface area contributed by atoms with Gasteiger partial charge in [-0.2, -0.15) is 9.78 Å². The molecule has 0 unspecified atom stereocenters. The lowest BCUT2D eigenvalue weighted by molar-refractivity contribution is 0.358. The van der Waals surface area contributed by atoms with E-state index in [0.717, 1.165) is 29.4 Å². The molecule has 0 saturated heterocycles. The second-order valence-electron chi connectivity index (χ2n) is 7.38. The van der Waals surface area contributed by atoms with Crippen molar-refractivity contribution in [2.75, 3.05) is 6.61 Å². The quantitative estimate of drug-likeness (QED) is 0.118. The van der Waals surface area contributed by atoms with Crippen LogP contribution in [0.4, 0.5) is 0 Å². The molecule has 0 aliphatic rings. The van der Waals surface area contributed by atoms with Crippen molar-refractivity contribution in [3.8, 4) is 17.3 Å². The van der Waals surface area contributed by atoms with Gasteiger partial charge in [0.2, 0.25) is 5.82 Å². The van der Waals surface area contributed by atoms with E-state index in [-0.39, 0.29) is 5.56 Å². The van der Waals surface area contributed by atoms with Gasteiger partial charge in [0.05, 0.1) is 24.3 Å². The van der Waals surface area contributed by atoms with Crippen LogP contribution in [0.3, 0.4) is 0 Å². The Bertz CT molecular complexity index is 1580. The molecule has 0 fully saturated rings. The molecule has 5 aromatic rings. The zero-order valence-electron chi connectivity index (χ0n) is 17.7. The Morgan fingerprint density at radius 3 is 2.56 bits per heavy atom. The number of para-hydroxylation sites is 2. The summed E-state index contributed by atoms with van der Waals surface area (Å²) in [6.07, 6.45) is 3.35. The van der Waals surface area contributed by atoms with Crippen molar-refractivity contribution < 1.29 is 9.15 Å². The van der Waals surface area contributed by atoms with E-state index in [0.29, 0.717) is 29.1 Å². The topological polar surface area (TPSA) is 69.6 Å². The molecule has 0 spiro atoms. The highest BCUT2D eigenvalue weighted by molar-refractivity contribution is 14.1. The molecule has 0 N–H and O–H groups in total. The van der Waals surface area contributed by atoms with Gasteiger partial charge in [0.25, 0.3) is 5.56 Å². The number of aromatic nitrogens is 2. The van der Waals surface area contributed by atoms with Crippen LogP contribution in [-0.4, -0.2) is 22.5 Å². The second-order valence-corrected chi connectivity index (χ2v) is 9.70. The Morgan fingerprint density at radius 2 is 1.79 bits per heavy atom. The van der Waals surface area contributed by atoms with Gasteiger partial charge in [-0.1, -0.05) is 43.0 Å². The van der Waals surface area contributed by atoms with Gasteiger partial charge in [-0.25, -0.2) is 4.98 Å². The van der Waals surface area contributed by atoms with E-state index < -0.39 is 0 Å². The maximum absolute atomic E-state index is 13.4. The van der Waals surface area contributed by atoms with E-state index in [2.05, 4.69) is 56.9 Å². The number of furan rings is 1. The highest BCUT2D eigenvalue weighted by Crippen LogP contribution is 2.29. The summed E-state index contributed by atoms with van der Waals surface area (Å²) < 4.78 is 14.9. The Kier molecular flexibility index (Phi) is 6.50. The molecule has 0 aliphatic carbocycles. The fraction of sp³-hybridized carbons (Fsp3) is 0.0385. The molecule has 0 saturated carbocycles. The third kappa shape index (κ3) is 4.39. The Hall–Kier alpha value is -2.99. The van der Waals surface area contributed by atoms with Crippen molar-refractivity contribution in [1.82, 2.24) is 9.66 Å². The molecular weight excluding hydrogens is 656 g/mol. The van der Waals surface area contributed by atoms with E-state index in [1.54, 1.807) is 18.4 Å². The van der Waals surface area contributed by atoms with Gasteiger partial charge in [-0.15, -0.1) is 0 Å². The molecule has 0 radical (unpaired) electrons. The summed E-state index contributed by atoms with van der Waals surface area (Å²) in [7, 11) is 0. The minimum Gasteiger partial charge on any atom is -0.487 e. The summed E-state index contributed by atoms with van der Waals surface area (Å²) in [6, 6.07) is 20.7. The van der Waals surface area contributed by atoms with Crippen LogP contribution in [0.5, 0.6) is 5.75 Å². The van der Waals surface area contributed by atoms with Gasteiger partial charge in [-0.3, -0.25) is 4.79 Å². The molecule has 6 nitrogen and oxygen atoms in total. The molecule has 0 atom stereocenters. The minimum atomic E-state index is -0.271. The van der Waals surface area contributed by atoms with Crippen molar-refractivity contribution in [2.24, 2.45) is 5.10 Å². The van der Waals surface area contributed by atoms with Crippen LogP contribution in [-0.2, 0) is 0 Å². The lowest BCUT2D eigenvalue weighted by Crippen LogP contribution is -2.20. The molecule has 34 heavy (non-hydrogen) atoms. The number of fused-ring (bicyclic) bond motifs is 2. The van der Waals surface area contributed by atoms with Gasteiger partial charge >= 0.3 is 0 Å². The van der Waals surface area contributed by atoms with Crippen molar-refractivity contribution in [1.29, 1.82) is 0 Å². The minimum absolute atomic E-state index is 0.271. The molecule has 8 heteroatoms. The van der Waals surface area contributed by atoms with E-state index >= 15 is 0 Å². The molecule has 2 heterocycles. The average molecular weight is 673 g/mol. The van der Waals surface area contributed by atoms with E-state index in [9.17, 15) is 4.79 Å². The molecule has 2 aromatic heterocycles. The first-order valence-corrected chi connectivity index (χ1v) is 12.5. The van der Waals surface area contributed by atoms with Crippen LogP contribution in [0.25, 0.3) is 33.5 Å². The normalized spacial score (nSPS) is 11.5. The number of benzene rings is 3. The van der Waals surface area contributed by atoms with Crippen LogP contribution in [0, 0.1) is 7.14 Å². The van der Waals surface area contributed by atoms with Gasteiger partial charge in [0, 0.05) is 5.39 Å². The predicted octanol–water partition coefficient (Wildman–Crippen LogP) is 6.47. The monoisotopic (exact) mass is 673 g/mol. The Morgan fingerprint density at radius 1 is 1.06 bits per heavy atom. The number of halogens is 2. The maximum Gasteiger partial charge on any atom is 0.282 e. The first-order chi connectivity index (χ1) is 16.5. The van der Waals surface area contributed by atoms with Crippen LogP contribution < -0.4 is 10.3 Å². The standard InChI is InChI=1S/C26H17I2N3O3/c1-2-11-33-24-19(27)12-16(13-20(24)28)15-29-31-25(23-14-17-7-3-6-10-22(17)34-23)30-21-9-5-4-8-18(21)26(31)32/h2-10,12-15H,1,11H2. The van der Waals surface area contributed by atoms with Gasteiger partial charge in [-0.05, 0) is 87.1 Å². The third-order valence-corrected chi connectivity index (χ3v) is 6.69. The van der Waals surface area contributed by atoms with Gasteiger partial charge in [0.1, 0.15) is 17.9 Å². The number of hydrogen-bond acceptors (Lipinski definition) is 5. The summed E-state index contributed by atoms with van der Waals surface area (Å²) in [5.74, 6) is 1.61. The maximum atomic E-state index is 13.4. The zero-order chi connectivity index (χ0) is 23.7. The number of nitrogens with zero attached hydrogens (tertiary/aromatic N) is 3. The fourth-order valence-electron chi connectivity index (χ4n) is 3.54. The fourth-order valence-corrected chi connectivity index (χ4v) is 5.67. The highest BCUT2D eigenvalue weighted by Gasteiger charge is 2.16. The summed E-state index contributed by atoms with van der Waals surface area (Å²) in [4.78, 5) is 18.1. The number of rotatable bonds is 6. The van der Waals surface area contributed by atoms with Gasteiger partial charge < -0.3 is 9.15 Å². The number of hydrogen-bond donors (Lipinski definition) is 0. The molecule has 3 aromatic carbocycles. The number of ether oxygens (including phenoxy) is 1. The summed E-state index contributed by atoms with van der Waals surface area (Å²) in [5.41, 5.74) is 1.86. The van der Waals surface area contributed by atoms with Crippen molar-refractivity contribution in [3.05, 3.63) is 102 Å². The summed E-state index contributed by atoms with van der Waals surface area (Å²) in [5, 5.41) is 5.95. The highest BCUT2D eigenvalue weighted by atomic mass is 127. The van der Waals surface area contributed by atoms with Crippen molar-refractivity contribution in [3.63, 3.8) is 0 Å². The second kappa shape index (κ2) is 9.71. The largest absolute Gasteiger partial charge is 0.487 e. The van der Waals surface area contributed by atoms with E-state index in [1.807, 2.05) is 60.7 Å². The summed E-state index contributed by atoms with van der Waals surface area (Å²) in [6.45, 7) is 4.12. The van der Waals surface area contributed by atoms with Gasteiger partial charge in [0.15, 0.2) is 5.76 Å². The van der Waals surface area contributed by atoms with Crippen LogP contribution in [0.1, 0.15) is 5.56 Å². The molecule has 168 valence electrons. The summed E-state index contributed by atoms with van der Waals surface area (Å²) >= 11 is 4.45. The average Bonchev–Trinajstić information content (AvgIpc) is 3.27. The zero-order valence-corrected chi connectivity index (χ0v) is 22.1. The van der Waals surface area contributed by atoms with Crippen molar-refractivity contribution in [2.45, 2.75) is 0 Å². The molecular formula is C26H17I2N3O3. The Balaban J connectivity index is 1.65. The first kappa shape index (κ1) is 22.8. The lowest BCUT2D eigenvalue weighted by atomic mass is 10.2. The smallest absolute Gasteiger partial charge is 0.282 e. The van der Waals surface area contributed by atoms with E-state index in [4.69, 9.17) is 14.1 Å². The Labute approximate surface area is 222 Å². The lowest BCUT2D eigenvalue weighted by Gasteiger charge is -2.10. The van der Waals surface area contributed by atoms with E-state index in [1.165, 1.54) is 4.68 Å². The molecule has 0 amide bonds. The predicted molar refractivity (Wildman–Crippen MR) is 152 cm³/mol. The van der Waals surface area contributed by atoms with Crippen LogP contribution in [0.15, 0.2) is 93.7 Å². The van der Waals surface area contributed by atoms with Crippen LogP contribution in [0.2, 0.25) is 0 Å². The molecule has 5 rings (SSSR count). The molecule has 0 aliphatic heterocycles. The molecule has 0 bridgehead atoms. The first-order valence-electron chi connectivity index (χ1n) is 10.3. The third-order valence-electron chi connectivity index (χ3n) is 5.09. The van der Waals surface area contributed by atoms with Crippen molar-refractivity contribution >= 4 is 73.3 Å². The van der Waals surface area contributed by atoms with Crippen LogP contribution >= 0.6 is 45.2 Å². The SMILES string of the molecule is C=CCOc1c(I)cc(C=Nn2c(-c3cc4ccccc4o3)nc3ccccc3c2=O)cc1I.